The van der Waals surface area contributed by atoms with Gasteiger partial charge in [0, 0.05) is 5.56 Å². The smallest absolute Gasteiger partial charge is 0.428 e. The summed E-state index contributed by atoms with van der Waals surface area (Å²) in [7, 11) is 0. The summed E-state index contributed by atoms with van der Waals surface area (Å²) >= 11 is 0. The summed E-state index contributed by atoms with van der Waals surface area (Å²) in [6, 6.07) is 9.62. The number of hydrogen-bond donors (Lipinski definition) is 1. The zero-order valence-corrected chi connectivity index (χ0v) is 7.73. The molecule has 0 saturated heterocycles. The van der Waals surface area contributed by atoms with Crippen molar-refractivity contribution in [1.29, 1.82) is 0 Å². The largest absolute Gasteiger partial charge is 0.439 e. The van der Waals surface area contributed by atoms with Crippen LogP contribution in [0.1, 0.15) is 12.5 Å². The molecule has 4 nitrogen and oxygen atoms in total. The summed E-state index contributed by atoms with van der Waals surface area (Å²) in [4.78, 5) is 10.8. The van der Waals surface area contributed by atoms with Gasteiger partial charge in [-0.15, -0.1) is 0 Å². The van der Waals surface area contributed by atoms with Crippen LogP contribution in [0.5, 0.6) is 0 Å². The van der Waals surface area contributed by atoms with Gasteiger partial charge in [-0.05, 0) is 6.92 Å². The first-order valence-corrected chi connectivity index (χ1v) is 4.37. The maximum Gasteiger partial charge on any atom is 0.428 e. The molecule has 1 aromatic rings. The quantitative estimate of drug-likeness (QED) is 0.729. The first kappa shape index (κ1) is 8.74. The van der Waals surface area contributed by atoms with Gasteiger partial charge in [-0.3, -0.25) is 0 Å². The van der Waals surface area contributed by atoms with Crippen molar-refractivity contribution in [3.8, 4) is 0 Å². The third kappa shape index (κ3) is 1.59. The Hall–Kier alpha value is -1.84. The summed E-state index contributed by atoms with van der Waals surface area (Å²) in [5, 5.41) is 3.95. The van der Waals surface area contributed by atoms with Gasteiger partial charge in [-0.1, -0.05) is 30.3 Å². The monoisotopic (exact) mass is 190 g/mol. The average molecular weight is 190 g/mol. The number of nitrogens with zero attached hydrogens (tertiary/aromatic N) is 1. The van der Waals surface area contributed by atoms with Crippen LogP contribution in [0.25, 0.3) is 0 Å². The molecule has 0 bridgehead atoms. The number of hydrazone groups is 1. The number of benzene rings is 1. The van der Waals surface area contributed by atoms with Gasteiger partial charge in [0.2, 0.25) is 0 Å². The van der Waals surface area contributed by atoms with E-state index in [9.17, 15) is 4.79 Å². The van der Waals surface area contributed by atoms with Crippen molar-refractivity contribution >= 4 is 11.8 Å². The van der Waals surface area contributed by atoms with Gasteiger partial charge < -0.3 is 4.74 Å². The van der Waals surface area contributed by atoms with Crippen LogP contribution in [0.15, 0.2) is 35.4 Å². The summed E-state index contributed by atoms with van der Waals surface area (Å²) < 4.78 is 4.97. The standard InChI is InChI=1S/C10H10N2O2/c1-7-9(11-12-10(13)14-7)8-5-3-2-4-6-8/h2-7H,1H3,(H,12,13). The number of amides is 1. The van der Waals surface area contributed by atoms with Crippen molar-refractivity contribution in [2.75, 3.05) is 0 Å². The van der Waals surface area contributed by atoms with Gasteiger partial charge in [0.15, 0.2) is 0 Å². The molecule has 0 aromatic heterocycles. The van der Waals surface area contributed by atoms with Crippen molar-refractivity contribution in [2.45, 2.75) is 13.0 Å². The lowest BCUT2D eigenvalue weighted by molar-refractivity contribution is 0.127. The predicted octanol–water partition coefficient (Wildman–Crippen LogP) is 1.52. The van der Waals surface area contributed by atoms with E-state index in [0.717, 1.165) is 11.3 Å². The Kier molecular flexibility index (Phi) is 2.18. The van der Waals surface area contributed by atoms with Crippen LogP contribution in [0, 0.1) is 0 Å². The minimum atomic E-state index is -0.503. The van der Waals surface area contributed by atoms with E-state index in [4.69, 9.17) is 4.74 Å². The molecule has 0 radical (unpaired) electrons. The molecule has 1 heterocycles. The molecule has 0 aliphatic carbocycles. The maximum absolute atomic E-state index is 10.8. The molecule has 1 amide bonds. The van der Waals surface area contributed by atoms with Gasteiger partial charge in [0.25, 0.3) is 0 Å². The van der Waals surface area contributed by atoms with Crippen LogP contribution in [0.4, 0.5) is 4.79 Å². The number of rotatable bonds is 1. The van der Waals surface area contributed by atoms with Crippen LogP contribution in [-0.2, 0) is 4.74 Å². The number of carbonyl (C=O) groups excluding carboxylic acids is 1. The van der Waals surface area contributed by atoms with E-state index < -0.39 is 6.09 Å². The Morgan fingerprint density at radius 3 is 2.71 bits per heavy atom. The minimum Gasteiger partial charge on any atom is -0.439 e. The third-order valence-corrected chi connectivity index (χ3v) is 2.01. The topological polar surface area (TPSA) is 50.7 Å². The van der Waals surface area contributed by atoms with E-state index in [2.05, 4.69) is 10.5 Å². The van der Waals surface area contributed by atoms with Gasteiger partial charge in [-0.25, -0.2) is 10.2 Å². The van der Waals surface area contributed by atoms with Crippen molar-refractivity contribution in [3.63, 3.8) is 0 Å². The Labute approximate surface area is 81.6 Å². The molecule has 0 spiro atoms. The van der Waals surface area contributed by atoms with Gasteiger partial charge in [0.1, 0.15) is 11.8 Å². The van der Waals surface area contributed by atoms with Crippen molar-refractivity contribution < 1.29 is 9.53 Å². The molecule has 1 unspecified atom stereocenters. The predicted molar refractivity (Wildman–Crippen MR) is 52.1 cm³/mol. The minimum absolute atomic E-state index is 0.300. The van der Waals surface area contributed by atoms with Crippen LogP contribution >= 0.6 is 0 Å². The zero-order valence-electron chi connectivity index (χ0n) is 7.73. The molecule has 1 aliphatic heterocycles. The zero-order chi connectivity index (χ0) is 9.97. The van der Waals surface area contributed by atoms with E-state index in [1.165, 1.54) is 0 Å². The van der Waals surface area contributed by atoms with Crippen LogP contribution in [-0.4, -0.2) is 17.9 Å². The highest BCUT2D eigenvalue weighted by molar-refractivity contribution is 6.05. The first-order valence-electron chi connectivity index (χ1n) is 4.37. The highest BCUT2D eigenvalue weighted by atomic mass is 16.6. The molecule has 0 saturated carbocycles. The van der Waals surface area contributed by atoms with E-state index in [-0.39, 0.29) is 6.10 Å². The highest BCUT2D eigenvalue weighted by Crippen LogP contribution is 2.10. The lowest BCUT2D eigenvalue weighted by Gasteiger charge is -2.19. The van der Waals surface area contributed by atoms with Gasteiger partial charge in [-0.2, -0.15) is 5.10 Å². The fourth-order valence-corrected chi connectivity index (χ4v) is 1.35. The third-order valence-electron chi connectivity index (χ3n) is 2.01. The molecular weight excluding hydrogens is 180 g/mol. The molecule has 1 atom stereocenters. The average Bonchev–Trinajstić information content (AvgIpc) is 2.19. The van der Waals surface area contributed by atoms with E-state index in [0.29, 0.717) is 0 Å². The molecule has 14 heavy (non-hydrogen) atoms. The second kappa shape index (κ2) is 3.49. The number of carbonyl (C=O) groups is 1. The summed E-state index contributed by atoms with van der Waals surface area (Å²) in [5.74, 6) is 0. The normalized spacial score (nSPS) is 20.8. The Morgan fingerprint density at radius 2 is 2.07 bits per heavy atom. The van der Waals surface area contributed by atoms with Crippen molar-refractivity contribution in [1.82, 2.24) is 5.43 Å². The van der Waals surface area contributed by atoms with E-state index in [1.807, 2.05) is 30.3 Å². The Balaban J connectivity index is 2.31. The van der Waals surface area contributed by atoms with Gasteiger partial charge >= 0.3 is 6.09 Å². The van der Waals surface area contributed by atoms with Crippen LogP contribution in [0.2, 0.25) is 0 Å². The number of cyclic esters (lactones) is 1. The van der Waals surface area contributed by atoms with Crippen molar-refractivity contribution in [3.05, 3.63) is 35.9 Å². The molecule has 0 fully saturated rings. The number of hydrogen-bond acceptors (Lipinski definition) is 3. The molecule has 2 rings (SSSR count). The second-order valence-electron chi connectivity index (χ2n) is 3.02. The lowest BCUT2D eigenvalue weighted by Crippen LogP contribution is -2.37. The molecule has 1 N–H and O–H groups in total. The van der Waals surface area contributed by atoms with Crippen LogP contribution in [0.3, 0.4) is 0 Å². The van der Waals surface area contributed by atoms with Crippen LogP contribution < -0.4 is 5.43 Å². The summed E-state index contributed by atoms with van der Waals surface area (Å²) in [5.41, 5.74) is 3.99. The van der Waals surface area contributed by atoms with Gasteiger partial charge in [0.05, 0.1) is 0 Å². The molecule has 1 aromatic carbocycles. The SMILES string of the molecule is CC1OC(=O)NN=C1c1ccccc1. The fraction of sp³-hybridized carbons (Fsp3) is 0.200. The summed E-state index contributed by atoms with van der Waals surface area (Å²) in [6.45, 7) is 1.80. The Morgan fingerprint density at radius 1 is 1.36 bits per heavy atom. The molecule has 1 aliphatic rings. The molecule has 4 heteroatoms. The van der Waals surface area contributed by atoms with E-state index >= 15 is 0 Å². The van der Waals surface area contributed by atoms with Crippen molar-refractivity contribution in [2.24, 2.45) is 5.10 Å². The highest BCUT2D eigenvalue weighted by Gasteiger charge is 2.21. The number of ether oxygens (including phenoxy) is 1. The molecular formula is C10H10N2O2. The first-order chi connectivity index (χ1) is 6.77. The fourth-order valence-electron chi connectivity index (χ4n) is 1.35. The van der Waals surface area contributed by atoms with E-state index in [1.54, 1.807) is 6.92 Å². The summed E-state index contributed by atoms with van der Waals surface area (Å²) in [6.07, 6.45) is -0.802. The second-order valence-corrected chi connectivity index (χ2v) is 3.02. The lowest BCUT2D eigenvalue weighted by atomic mass is 10.1. The molecule has 72 valence electrons. The number of nitrogens with one attached hydrogen (secondary N) is 1. The Bertz CT molecular complexity index is 373. The maximum atomic E-state index is 10.8.